The van der Waals surface area contributed by atoms with Crippen LogP contribution in [-0.2, 0) is 27.2 Å². The summed E-state index contributed by atoms with van der Waals surface area (Å²) in [6, 6.07) is 17.6. The fraction of sp³-hybridized carbons (Fsp3) is 0.400. The quantitative estimate of drug-likeness (QED) is 0.263. The molecule has 0 radical (unpaired) electrons. The van der Waals surface area contributed by atoms with E-state index in [1.54, 1.807) is 33.2 Å². The normalized spacial score (nSPS) is 16.5. The predicted octanol–water partition coefficient (Wildman–Crippen LogP) is 5.16. The largest absolute Gasteiger partial charge is 0.493 e. The number of amides is 3. The number of unbranched alkanes of at least 4 members (excludes halogenated alkanes) is 1. The first-order chi connectivity index (χ1) is 21.7. The summed E-state index contributed by atoms with van der Waals surface area (Å²) in [7, 11) is 4.71. The topological polar surface area (TPSA) is 97.4 Å². The van der Waals surface area contributed by atoms with Crippen LogP contribution in [0.5, 0.6) is 17.2 Å². The molecule has 1 N–H and O–H groups in total. The summed E-state index contributed by atoms with van der Waals surface area (Å²) in [5, 5.41) is 3.54. The van der Waals surface area contributed by atoms with Crippen molar-refractivity contribution in [2.24, 2.45) is 0 Å². The van der Waals surface area contributed by atoms with Crippen LogP contribution in [0.3, 0.4) is 0 Å². The van der Waals surface area contributed by atoms with E-state index < -0.39 is 12.1 Å². The molecule has 0 unspecified atom stereocenters. The summed E-state index contributed by atoms with van der Waals surface area (Å²) >= 11 is 5.96. The Morgan fingerprint density at radius 2 is 1.47 bits per heavy atom. The number of hydrogen-bond acceptors (Lipinski definition) is 6. The molecule has 3 amide bonds. The van der Waals surface area contributed by atoms with Crippen molar-refractivity contribution >= 4 is 29.3 Å². The van der Waals surface area contributed by atoms with E-state index in [1.807, 2.05) is 60.7 Å². The van der Waals surface area contributed by atoms with Gasteiger partial charge in [0.1, 0.15) is 18.6 Å². The number of hydrogen-bond donors (Lipinski definition) is 1. The van der Waals surface area contributed by atoms with Crippen molar-refractivity contribution in [3.8, 4) is 28.4 Å². The van der Waals surface area contributed by atoms with Crippen LogP contribution in [0.2, 0.25) is 5.02 Å². The lowest BCUT2D eigenvalue weighted by Gasteiger charge is -2.44. The summed E-state index contributed by atoms with van der Waals surface area (Å²) in [6.45, 7) is 4.47. The van der Waals surface area contributed by atoms with Crippen molar-refractivity contribution in [2.75, 3.05) is 41.0 Å². The van der Waals surface area contributed by atoms with Gasteiger partial charge in [-0.1, -0.05) is 61.3 Å². The van der Waals surface area contributed by atoms with Crippen molar-refractivity contribution in [1.82, 2.24) is 15.1 Å². The predicted molar refractivity (Wildman–Crippen MR) is 175 cm³/mol. The second-order valence-corrected chi connectivity index (χ2v) is 11.5. The van der Waals surface area contributed by atoms with Gasteiger partial charge in [-0.05, 0) is 66.3 Å². The minimum atomic E-state index is -0.727. The summed E-state index contributed by atoms with van der Waals surface area (Å²) in [6.07, 6.45) is 2.64. The van der Waals surface area contributed by atoms with Crippen LogP contribution in [0.25, 0.3) is 11.1 Å². The molecular weight excluding hydrogens is 594 g/mol. The molecule has 0 saturated carbocycles. The molecule has 9 nitrogen and oxygen atoms in total. The van der Waals surface area contributed by atoms with Crippen LogP contribution in [0.4, 0.5) is 0 Å². The molecule has 1 heterocycles. The Bertz CT molecular complexity index is 1450. The molecule has 0 aliphatic carbocycles. The van der Waals surface area contributed by atoms with Gasteiger partial charge in [-0.3, -0.25) is 14.4 Å². The fourth-order valence-corrected chi connectivity index (χ4v) is 5.69. The SMILES string of the molecule is CCCCN1C(=O)[C@@H](C)N(CC(=O)NCCc2ccc(Cl)cc2)C(=O)[C@H]1Cc1ccc(-c2cc(OC)c(OC)c(OC)c2)cc1. The van der Waals surface area contributed by atoms with E-state index in [1.165, 1.54) is 4.90 Å². The molecule has 0 bridgehead atoms. The zero-order chi connectivity index (χ0) is 32.5. The number of rotatable bonds is 14. The third-order valence-corrected chi connectivity index (χ3v) is 8.40. The summed E-state index contributed by atoms with van der Waals surface area (Å²) in [4.78, 5) is 43.5. The second-order valence-electron chi connectivity index (χ2n) is 11.1. The van der Waals surface area contributed by atoms with Gasteiger partial charge in [0, 0.05) is 24.5 Å². The Balaban J connectivity index is 1.49. The van der Waals surface area contributed by atoms with Gasteiger partial charge in [0.05, 0.1) is 21.3 Å². The standard InChI is InChI=1S/C35H42ClN3O6/c1-6-7-18-38-29(19-25-8-12-26(13-9-25)27-20-30(43-3)33(45-5)31(21-27)44-4)35(42)39(23(2)34(38)41)22-32(40)37-17-16-24-10-14-28(36)15-11-24/h8-15,20-21,23,29H,6-7,16-19,22H2,1-5H3,(H,37,40)/t23-,29-/m1/s1. The molecule has 1 saturated heterocycles. The Morgan fingerprint density at radius 1 is 0.844 bits per heavy atom. The molecule has 45 heavy (non-hydrogen) atoms. The van der Waals surface area contributed by atoms with Crippen molar-refractivity contribution in [3.63, 3.8) is 0 Å². The molecule has 10 heteroatoms. The summed E-state index contributed by atoms with van der Waals surface area (Å²) < 4.78 is 16.5. The molecule has 0 spiro atoms. The van der Waals surface area contributed by atoms with Crippen molar-refractivity contribution in [3.05, 3.63) is 76.8 Å². The minimum Gasteiger partial charge on any atom is -0.493 e. The number of benzene rings is 3. The Morgan fingerprint density at radius 3 is 2.04 bits per heavy atom. The Labute approximate surface area is 270 Å². The minimum absolute atomic E-state index is 0.143. The first-order valence-electron chi connectivity index (χ1n) is 15.2. The number of halogens is 1. The average molecular weight is 636 g/mol. The first kappa shape index (κ1) is 33.6. The van der Waals surface area contributed by atoms with Gasteiger partial charge in [0.15, 0.2) is 11.5 Å². The highest BCUT2D eigenvalue weighted by molar-refractivity contribution is 6.30. The number of ether oxygens (including phenoxy) is 3. The van der Waals surface area contributed by atoms with Crippen LogP contribution in [0, 0.1) is 0 Å². The smallest absolute Gasteiger partial charge is 0.246 e. The van der Waals surface area contributed by atoms with Gasteiger partial charge in [-0.15, -0.1) is 0 Å². The van der Waals surface area contributed by atoms with Gasteiger partial charge in [-0.2, -0.15) is 0 Å². The van der Waals surface area contributed by atoms with Gasteiger partial charge < -0.3 is 29.3 Å². The van der Waals surface area contributed by atoms with Gasteiger partial charge in [0.25, 0.3) is 0 Å². The molecule has 3 aromatic carbocycles. The fourth-order valence-electron chi connectivity index (χ4n) is 5.56. The van der Waals surface area contributed by atoms with Gasteiger partial charge in [0.2, 0.25) is 23.5 Å². The third-order valence-electron chi connectivity index (χ3n) is 8.15. The number of methoxy groups -OCH3 is 3. The molecule has 4 rings (SSSR count). The highest BCUT2D eigenvalue weighted by atomic mass is 35.5. The van der Waals surface area contributed by atoms with Crippen molar-refractivity contribution < 1.29 is 28.6 Å². The number of carbonyl (C=O) groups is 3. The molecule has 1 aliphatic rings. The van der Waals surface area contributed by atoms with E-state index in [0.29, 0.717) is 48.2 Å². The van der Waals surface area contributed by atoms with Crippen LogP contribution in [0.1, 0.15) is 37.8 Å². The molecule has 3 aromatic rings. The van der Waals surface area contributed by atoms with E-state index in [-0.39, 0.29) is 24.3 Å². The Kier molecular flexibility index (Phi) is 11.7. The average Bonchev–Trinajstić information content (AvgIpc) is 3.05. The van der Waals surface area contributed by atoms with Crippen LogP contribution in [-0.4, -0.2) is 80.6 Å². The van der Waals surface area contributed by atoms with E-state index in [2.05, 4.69) is 12.2 Å². The van der Waals surface area contributed by atoms with Crippen LogP contribution in [0.15, 0.2) is 60.7 Å². The molecule has 1 aliphatic heterocycles. The Hall–Kier alpha value is -4.24. The second kappa shape index (κ2) is 15.7. The molecule has 2 atom stereocenters. The number of nitrogens with one attached hydrogen (secondary N) is 1. The summed E-state index contributed by atoms with van der Waals surface area (Å²) in [5.41, 5.74) is 3.75. The van der Waals surface area contributed by atoms with Crippen LogP contribution < -0.4 is 19.5 Å². The van der Waals surface area contributed by atoms with E-state index >= 15 is 0 Å². The van der Waals surface area contributed by atoms with Crippen molar-refractivity contribution in [1.29, 1.82) is 0 Å². The van der Waals surface area contributed by atoms with Crippen molar-refractivity contribution in [2.45, 2.75) is 51.6 Å². The molecule has 0 aromatic heterocycles. The first-order valence-corrected chi connectivity index (χ1v) is 15.6. The monoisotopic (exact) mass is 635 g/mol. The number of nitrogens with zero attached hydrogens (tertiary/aromatic N) is 2. The van der Waals surface area contributed by atoms with Crippen LogP contribution >= 0.6 is 11.6 Å². The van der Waals surface area contributed by atoms with E-state index in [9.17, 15) is 14.4 Å². The molecule has 1 fully saturated rings. The lowest BCUT2D eigenvalue weighted by atomic mass is 9.96. The lowest BCUT2D eigenvalue weighted by molar-refractivity contribution is -0.162. The molecular formula is C35H42ClN3O6. The highest BCUT2D eigenvalue weighted by Crippen LogP contribution is 2.41. The van der Waals surface area contributed by atoms with E-state index in [4.69, 9.17) is 25.8 Å². The number of piperazine rings is 1. The summed E-state index contributed by atoms with van der Waals surface area (Å²) in [5.74, 6) is 0.958. The van der Waals surface area contributed by atoms with Gasteiger partial charge >= 0.3 is 0 Å². The third kappa shape index (κ3) is 8.08. The zero-order valence-corrected chi connectivity index (χ0v) is 27.4. The van der Waals surface area contributed by atoms with E-state index in [0.717, 1.165) is 35.1 Å². The number of carbonyl (C=O) groups excluding carboxylic acids is 3. The maximum atomic E-state index is 13.9. The highest BCUT2D eigenvalue weighted by Gasteiger charge is 2.44. The van der Waals surface area contributed by atoms with Gasteiger partial charge in [-0.25, -0.2) is 0 Å². The maximum Gasteiger partial charge on any atom is 0.246 e. The maximum absolute atomic E-state index is 13.9. The molecule has 240 valence electrons. The lowest BCUT2D eigenvalue weighted by Crippen LogP contribution is -2.65. The zero-order valence-electron chi connectivity index (χ0n) is 26.6.